The van der Waals surface area contributed by atoms with Crippen molar-refractivity contribution in [3.05, 3.63) is 23.3 Å². The van der Waals surface area contributed by atoms with Crippen LogP contribution in [0.25, 0.3) is 0 Å². The zero-order valence-corrected chi connectivity index (χ0v) is 10.5. The molecule has 0 radical (unpaired) electrons. The Morgan fingerprint density at radius 1 is 1.18 bits per heavy atom. The Morgan fingerprint density at radius 2 is 2.00 bits per heavy atom. The van der Waals surface area contributed by atoms with E-state index in [4.69, 9.17) is 9.47 Å². The zero-order valence-electron chi connectivity index (χ0n) is 10.5. The highest BCUT2D eigenvalue weighted by molar-refractivity contribution is 5.53. The lowest BCUT2D eigenvalue weighted by atomic mass is 9.90. The second-order valence-corrected chi connectivity index (χ2v) is 4.89. The standard InChI is InChI=1S/C14H19NO2/c1-16-12-6-5-10-11(14(12)17-2)7-8-15-13(10)9-3-4-9/h5-6,9,13,15H,3-4,7-8H2,1-2H3. The van der Waals surface area contributed by atoms with Crippen LogP contribution in [0.3, 0.4) is 0 Å². The monoisotopic (exact) mass is 233 g/mol. The maximum absolute atomic E-state index is 5.53. The molecule has 0 bridgehead atoms. The van der Waals surface area contributed by atoms with Gasteiger partial charge in [-0.1, -0.05) is 6.07 Å². The van der Waals surface area contributed by atoms with Gasteiger partial charge < -0.3 is 14.8 Å². The number of hydrogen-bond acceptors (Lipinski definition) is 3. The Hall–Kier alpha value is -1.22. The van der Waals surface area contributed by atoms with Crippen LogP contribution in [-0.2, 0) is 6.42 Å². The van der Waals surface area contributed by atoms with E-state index in [1.54, 1.807) is 14.2 Å². The lowest BCUT2D eigenvalue weighted by molar-refractivity contribution is 0.345. The van der Waals surface area contributed by atoms with Gasteiger partial charge in [0.2, 0.25) is 0 Å². The van der Waals surface area contributed by atoms with Gasteiger partial charge in [0, 0.05) is 11.6 Å². The van der Waals surface area contributed by atoms with Gasteiger partial charge in [0.05, 0.1) is 14.2 Å². The Bertz CT molecular complexity index is 426. The van der Waals surface area contributed by atoms with Gasteiger partial charge in [-0.3, -0.25) is 0 Å². The fourth-order valence-corrected chi connectivity index (χ4v) is 2.87. The Balaban J connectivity index is 2.06. The quantitative estimate of drug-likeness (QED) is 0.869. The van der Waals surface area contributed by atoms with E-state index in [9.17, 15) is 0 Å². The van der Waals surface area contributed by atoms with Gasteiger partial charge in [-0.25, -0.2) is 0 Å². The van der Waals surface area contributed by atoms with Crippen molar-refractivity contribution < 1.29 is 9.47 Å². The number of nitrogens with one attached hydrogen (secondary N) is 1. The van der Waals surface area contributed by atoms with Crippen molar-refractivity contribution >= 4 is 0 Å². The first kappa shape index (κ1) is 10.9. The lowest BCUT2D eigenvalue weighted by Gasteiger charge is -2.29. The van der Waals surface area contributed by atoms with Crippen molar-refractivity contribution in [1.29, 1.82) is 0 Å². The molecule has 1 saturated carbocycles. The zero-order chi connectivity index (χ0) is 11.8. The maximum atomic E-state index is 5.53. The van der Waals surface area contributed by atoms with E-state index in [2.05, 4.69) is 11.4 Å². The van der Waals surface area contributed by atoms with E-state index in [1.807, 2.05) is 6.07 Å². The Kier molecular flexibility index (Phi) is 2.71. The molecule has 0 saturated heterocycles. The molecule has 1 N–H and O–H groups in total. The molecule has 17 heavy (non-hydrogen) atoms. The molecule has 1 atom stereocenters. The minimum Gasteiger partial charge on any atom is -0.493 e. The van der Waals surface area contributed by atoms with E-state index in [-0.39, 0.29) is 0 Å². The third-order valence-electron chi connectivity index (χ3n) is 3.85. The summed E-state index contributed by atoms with van der Waals surface area (Å²) in [6.07, 6.45) is 3.73. The van der Waals surface area contributed by atoms with Crippen LogP contribution >= 0.6 is 0 Å². The third kappa shape index (κ3) is 1.78. The third-order valence-corrected chi connectivity index (χ3v) is 3.85. The second kappa shape index (κ2) is 4.22. The molecule has 3 rings (SSSR count). The molecule has 1 aromatic carbocycles. The van der Waals surface area contributed by atoms with E-state index in [0.717, 1.165) is 30.4 Å². The first-order valence-corrected chi connectivity index (χ1v) is 6.32. The predicted molar refractivity (Wildman–Crippen MR) is 66.7 cm³/mol. The Labute approximate surface area is 102 Å². The molecule has 92 valence electrons. The van der Waals surface area contributed by atoms with Crippen molar-refractivity contribution in [2.24, 2.45) is 5.92 Å². The predicted octanol–water partition coefficient (Wildman–Crippen LogP) is 2.30. The highest BCUT2D eigenvalue weighted by Gasteiger charge is 2.36. The van der Waals surface area contributed by atoms with Crippen molar-refractivity contribution in [2.45, 2.75) is 25.3 Å². The second-order valence-electron chi connectivity index (χ2n) is 4.89. The topological polar surface area (TPSA) is 30.5 Å². The molecule has 0 spiro atoms. The van der Waals surface area contributed by atoms with Gasteiger partial charge in [-0.15, -0.1) is 0 Å². The van der Waals surface area contributed by atoms with Crippen LogP contribution < -0.4 is 14.8 Å². The van der Waals surface area contributed by atoms with E-state index in [1.165, 1.54) is 24.0 Å². The summed E-state index contributed by atoms with van der Waals surface area (Å²) in [6.45, 7) is 1.04. The molecule has 0 aromatic heterocycles. The van der Waals surface area contributed by atoms with Crippen LogP contribution in [0.15, 0.2) is 12.1 Å². The number of fused-ring (bicyclic) bond motifs is 1. The van der Waals surface area contributed by atoms with Crippen LogP contribution in [0.2, 0.25) is 0 Å². The molecule has 2 aliphatic rings. The number of benzene rings is 1. The summed E-state index contributed by atoms with van der Waals surface area (Å²) in [5.74, 6) is 2.60. The van der Waals surface area contributed by atoms with Gasteiger partial charge in [-0.05, 0) is 43.4 Å². The number of ether oxygens (including phenoxy) is 2. The number of rotatable bonds is 3. The molecule has 1 heterocycles. The average molecular weight is 233 g/mol. The van der Waals surface area contributed by atoms with Gasteiger partial charge in [0.15, 0.2) is 11.5 Å². The van der Waals surface area contributed by atoms with Crippen LogP contribution in [-0.4, -0.2) is 20.8 Å². The van der Waals surface area contributed by atoms with Crippen molar-refractivity contribution in [1.82, 2.24) is 5.32 Å². The summed E-state index contributed by atoms with van der Waals surface area (Å²) in [5, 5.41) is 3.63. The summed E-state index contributed by atoms with van der Waals surface area (Å²) < 4.78 is 10.9. The molecule has 0 amide bonds. The van der Waals surface area contributed by atoms with Crippen LogP contribution in [0.5, 0.6) is 11.5 Å². The molecular formula is C14H19NO2. The minimum atomic E-state index is 0.526. The van der Waals surface area contributed by atoms with Gasteiger partial charge >= 0.3 is 0 Å². The molecular weight excluding hydrogens is 214 g/mol. The van der Waals surface area contributed by atoms with Crippen molar-refractivity contribution in [3.63, 3.8) is 0 Å². The molecule has 1 fully saturated rings. The van der Waals surface area contributed by atoms with Gasteiger partial charge in [0.1, 0.15) is 0 Å². The minimum absolute atomic E-state index is 0.526. The SMILES string of the molecule is COc1ccc2c(c1OC)CCNC2C1CC1. The molecule has 3 heteroatoms. The first-order valence-electron chi connectivity index (χ1n) is 6.32. The summed E-state index contributed by atoms with van der Waals surface area (Å²) in [5.41, 5.74) is 2.75. The fraction of sp³-hybridized carbons (Fsp3) is 0.571. The maximum Gasteiger partial charge on any atom is 0.164 e. The Morgan fingerprint density at radius 3 is 2.65 bits per heavy atom. The van der Waals surface area contributed by atoms with Gasteiger partial charge in [0.25, 0.3) is 0 Å². The van der Waals surface area contributed by atoms with E-state index in [0.29, 0.717) is 6.04 Å². The molecule has 3 nitrogen and oxygen atoms in total. The normalized spacial score (nSPS) is 23.1. The van der Waals surface area contributed by atoms with Crippen molar-refractivity contribution in [2.75, 3.05) is 20.8 Å². The van der Waals surface area contributed by atoms with E-state index >= 15 is 0 Å². The average Bonchev–Trinajstić information content (AvgIpc) is 3.20. The smallest absolute Gasteiger partial charge is 0.164 e. The summed E-state index contributed by atoms with van der Waals surface area (Å²) in [6, 6.07) is 4.75. The lowest BCUT2D eigenvalue weighted by Crippen LogP contribution is -2.31. The number of hydrogen-bond donors (Lipinski definition) is 1. The molecule has 1 aliphatic heterocycles. The molecule has 1 aromatic rings. The highest BCUT2D eigenvalue weighted by atomic mass is 16.5. The van der Waals surface area contributed by atoms with E-state index < -0.39 is 0 Å². The van der Waals surface area contributed by atoms with Crippen LogP contribution in [0.4, 0.5) is 0 Å². The molecule has 1 aliphatic carbocycles. The van der Waals surface area contributed by atoms with Crippen LogP contribution in [0.1, 0.15) is 30.0 Å². The fourth-order valence-electron chi connectivity index (χ4n) is 2.87. The number of methoxy groups -OCH3 is 2. The van der Waals surface area contributed by atoms with Gasteiger partial charge in [-0.2, -0.15) is 0 Å². The summed E-state index contributed by atoms with van der Waals surface area (Å²) >= 11 is 0. The molecule has 1 unspecified atom stereocenters. The summed E-state index contributed by atoms with van der Waals surface area (Å²) in [7, 11) is 3.43. The largest absolute Gasteiger partial charge is 0.493 e. The summed E-state index contributed by atoms with van der Waals surface area (Å²) in [4.78, 5) is 0. The first-order chi connectivity index (χ1) is 8.35. The highest BCUT2D eigenvalue weighted by Crippen LogP contribution is 2.46. The van der Waals surface area contributed by atoms with Crippen molar-refractivity contribution in [3.8, 4) is 11.5 Å². The van der Waals surface area contributed by atoms with Crippen LogP contribution in [0, 0.1) is 5.92 Å².